The van der Waals surface area contributed by atoms with Gasteiger partial charge in [0.15, 0.2) is 0 Å². The van der Waals surface area contributed by atoms with E-state index in [1.165, 1.54) is 6.20 Å². The van der Waals surface area contributed by atoms with Gasteiger partial charge in [0, 0.05) is 32.0 Å². The molecule has 0 saturated heterocycles. The first-order valence-electron chi connectivity index (χ1n) is 6.30. The van der Waals surface area contributed by atoms with E-state index in [4.69, 9.17) is 23.2 Å². The Balaban J connectivity index is 1.82. The van der Waals surface area contributed by atoms with Crippen molar-refractivity contribution in [1.82, 2.24) is 20.1 Å². The van der Waals surface area contributed by atoms with E-state index in [1.54, 1.807) is 24.0 Å². The Hall–Kier alpha value is -1.79. The molecule has 21 heavy (non-hydrogen) atoms. The molecule has 0 spiro atoms. The number of amides is 1. The van der Waals surface area contributed by atoms with Gasteiger partial charge in [0.25, 0.3) is 5.91 Å². The highest BCUT2D eigenvalue weighted by Gasteiger charge is 2.11. The standard InChI is InChI=1S/C13H15Cl2N5O/c1-8-10(7-19-20(8)2)13(21)17-4-3-16-12-11(15)5-9(14)6-18-12/h5-7H,3-4H2,1-2H3,(H,16,18)(H,17,21). The van der Waals surface area contributed by atoms with Gasteiger partial charge in [-0.25, -0.2) is 4.98 Å². The Morgan fingerprint density at radius 2 is 2.10 bits per heavy atom. The number of aromatic nitrogens is 3. The van der Waals surface area contributed by atoms with Gasteiger partial charge < -0.3 is 10.6 Å². The molecule has 2 heterocycles. The molecule has 0 atom stereocenters. The molecular formula is C13H15Cl2N5O. The van der Waals surface area contributed by atoms with Crippen LogP contribution in [0, 0.1) is 6.92 Å². The Morgan fingerprint density at radius 3 is 2.71 bits per heavy atom. The highest BCUT2D eigenvalue weighted by molar-refractivity contribution is 6.35. The molecule has 2 rings (SSSR count). The molecule has 6 nitrogen and oxygen atoms in total. The Labute approximate surface area is 132 Å². The van der Waals surface area contributed by atoms with E-state index >= 15 is 0 Å². The maximum atomic E-state index is 12.0. The van der Waals surface area contributed by atoms with Gasteiger partial charge in [0.1, 0.15) is 5.82 Å². The van der Waals surface area contributed by atoms with Crippen molar-refractivity contribution < 1.29 is 4.79 Å². The fourth-order valence-electron chi connectivity index (χ4n) is 1.72. The molecule has 2 aromatic rings. The number of nitrogens with zero attached hydrogens (tertiary/aromatic N) is 3. The summed E-state index contributed by atoms with van der Waals surface area (Å²) in [6.07, 6.45) is 3.06. The van der Waals surface area contributed by atoms with Crippen LogP contribution in [0.3, 0.4) is 0 Å². The third kappa shape index (κ3) is 3.86. The summed E-state index contributed by atoms with van der Waals surface area (Å²) in [4.78, 5) is 16.0. The summed E-state index contributed by atoms with van der Waals surface area (Å²) in [6.45, 7) is 2.78. The average molecular weight is 328 g/mol. The van der Waals surface area contributed by atoms with E-state index in [2.05, 4.69) is 20.7 Å². The van der Waals surface area contributed by atoms with Crippen LogP contribution in [-0.2, 0) is 7.05 Å². The van der Waals surface area contributed by atoms with E-state index in [0.29, 0.717) is 34.5 Å². The molecule has 8 heteroatoms. The number of nitrogens with one attached hydrogen (secondary N) is 2. The summed E-state index contributed by atoms with van der Waals surface area (Å²) in [5.74, 6) is 0.380. The number of hydrogen-bond acceptors (Lipinski definition) is 4. The lowest BCUT2D eigenvalue weighted by Gasteiger charge is -2.08. The maximum absolute atomic E-state index is 12.0. The fourth-order valence-corrected chi connectivity index (χ4v) is 2.17. The molecular weight excluding hydrogens is 313 g/mol. The van der Waals surface area contributed by atoms with Crippen LogP contribution in [0.5, 0.6) is 0 Å². The Bertz CT molecular complexity index is 656. The first kappa shape index (κ1) is 15.6. The van der Waals surface area contributed by atoms with Crippen LogP contribution in [0.2, 0.25) is 10.0 Å². The molecule has 2 N–H and O–H groups in total. The maximum Gasteiger partial charge on any atom is 0.254 e. The molecule has 0 aliphatic carbocycles. The van der Waals surface area contributed by atoms with Crippen molar-refractivity contribution in [2.24, 2.45) is 7.05 Å². The molecule has 0 radical (unpaired) electrons. The van der Waals surface area contributed by atoms with Crippen LogP contribution in [-0.4, -0.2) is 33.8 Å². The molecule has 0 saturated carbocycles. The van der Waals surface area contributed by atoms with Crippen molar-refractivity contribution in [3.8, 4) is 0 Å². The van der Waals surface area contributed by atoms with Crippen LogP contribution in [0.15, 0.2) is 18.5 Å². The Kier molecular flexibility index (Phi) is 5.03. The quantitative estimate of drug-likeness (QED) is 0.826. The lowest BCUT2D eigenvalue weighted by molar-refractivity contribution is 0.0954. The lowest BCUT2D eigenvalue weighted by atomic mass is 10.2. The monoisotopic (exact) mass is 327 g/mol. The third-order valence-corrected chi connectivity index (χ3v) is 3.49. The normalized spacial score (nSPS) is 10.5. The minimum atomic E-state index is -0.155. The second kappa shape index (κ2) is 6.78. The van der Waals surface area contributed by atoms with Crippen LogP contribution in [0.4, 0.5) is 5.82 Å². The zero-order chi connectivity index (χ0) is 15.4. The van der Waals surface area contributed by atoms with Crippen molar-refractivity contribution in [2.45, 2.75) is 6.92 Å². The molecule has 0 bridgehead atoms. The topological polar surface area (TPSA) is 71.8 Å². The number of rotatable bonds is 5. The zero-order valence-corrected chi connectivity index (χ0v) is 13.2. The van der Waals surface area contributed by atoms with Crippen LogP contribution in [0.1, 0.15) is 16.1 Å². The summed E-state index contributed by atoms with van der Waals surface area (Å²) in [7, 11) is 1.79. The minimum absolute atomic E-state index is 0.155. The average Bonchev–Trinajstić information content (AvgIpc) is 2.77. The van der Waals surface area contributed by atoms with Gasteiger partial charge in [0.05, 0.1) is 21.8 Å². The predicted octanol–water partition coefficient (Wildman–Crippen LogP) is 2.27. The van der Waals surface area contributed by atoms with E-state index in [9.17, 15) is 4.79 Å². The SMILES string of the molecule is Cc1c(C(=O)NCCNc2ncc(Cl)cc2Cl)cnn1C. The van der Waals surface area contributed by atoms with Crippen molar-refractivity contribution in [3.63, 3.8) is 0 Å². The fraction of sp³-hybridized carbons (Fsp3) is 0.308. The molecule has 0 aromatic carbocycles. The molecule has 0 aliphatic heterocycles. The van der Waals surface area contributed by atoms with Gasteiger partial charge in [-0.3, -0.25) is 9.48 Å². The molecule has 112 valence electrons. The molecule has 0 aliphatic rings. The number of carbonyl (C=O) groups excluding carboxylic acids is 1. The molecule has 0 unspecified atom stereocenters. The smallest absolute Gasteiger partial charge is 0.254 e. The number of aryl methyl sites for hydroxylation is 1. The van der Waals surface area contributed by atoms with Crippen LogP contribution in [0.25, 0.3) is 0 Å². The van der Waals surface area contributed by atoms with E-state index in [0.717, 1.165) is 5.69 Å². The first-order valence-corrected chi connectivity index (χ1v) is 7.06. The number of carbonyl (C=O) groups is 1. The van der Waals surface area contributed by atoms with Gasteiger partial charge in [-0.1, -0.05) is 23.2 Å². The predicted molar refractivity (Wildman–Crippen MR) is 83.0 cm³/mol. The second-order valence-corrected chi connectivity index (χ2v) is 5.28. The van der Waals surface area contributed by atoms with Gasteiger partial charge in [-0.2, -0.15) is 5.10 Å². The summed E-state index contributed by atoms with van der Waals surface area (Å²) >= 11 is 11.7. The second-order valence-electron chi connectivity index (χ2n) is 4.43. The summed E-state index contributed by atoms with van der Waals surface area (Å²) in [5, 5.41) is 10.8. The van der Waals surface area contributed by atoms with Crippen molar-refractivity contribution >= 4 is 34.9 Å². The van der Waals surface area contributed by atoms with Gasteiger partial charge in [-0.15, -0.1) is 0 Å². The zero-order valence-electron chi connectivity index (χ0n) is 11.7. The van der Waals surface area contributed by atoms with E-state index in [-0.39, 0.29) is 5.91 Å². The Morgan fingerprint density at radius 1 is 1.33 bits per heavy atom. The third-order valence-electron chi connectivity index (χ3n) is 2.99. The van der Waals surface area contributed by atoms with Crippen molar-refractivity contribution in [1.29, 1.82) is 0 Å². The van der Waals surface area contributed by atoms with Gasteiger partial charge in [0.2, 0.25) is 0 Å². The van der Waals surface area contributed by atoms with E-state index < -0.39 is 0 Å². The van der Waals surface area contributed by atoms with Crippen LogP contribution < -0.4 is 10.6 Å². The highest BCUT2D eigenvalue weighted by atomic mass is 35.5. The minimum Gasteiger partial charge on any atom is -0.367 e. The number of anilines is 1. The van der Waals surface area contributed by atoms with Gasteiger partial charge in [-0.05, 0) is 13.0 Å². The summed E-state index contributed by atoms with van der Waals surface area (Å²) in [5.41, 5.74) is 1.39. The van der Waals surface area contributed by atoms with Gasteiger partial charge >= 0.3 is 0 Å². The largest absolute Gasteiger partial charge is 0.367 e. The van der Waals surface area contributed by atoms with Crippen molar-refractivity contribution in [3.05, 3.63) is 39.8 Å². The summed E-state index contributed by atoms with van der Waals surface area (Å²) < 4.78 is 1.66. The number of pyridine rings is 1. The van der Waals surface area contributed by atoms with Crippen molar-refractivity contribution in [2.75, 3.05) is 18.4 Å². The van der Waals surface area contributed by atoms with Crippen LogP contribution >= 0.6 is 23.2 Å². The lowest BCUT2D eigenvalue weighted by Crippen LogP contribution is -2.29. The molecule has 1 amide bonds. The molecule has 0 fully saturated rings. The number of halogens is 2. The molecule has 2 aromatic heterocycles. The highest BCUT2D eigenvalue weighted by Crippen LogP contribution is 2.21. The first-order chi connectivity index (χ1) is 9.99. The van der Waals surface area contributed by atoms with E-state index in [1.807, 2.05) is 6.92 Å². The number of hydrogen-bond donors (Lipinski definition) is 2. The summed E-state index contributed by atoms with van der Waals surface area (Å²) in [6, 6.07) is 1.61.